The van der Waals surface area contributed by atoms with Gasteiger partial charge in [0.15, 0.2) is 17.5 Å². The van der Waals surface area contributed by atoms with Gasteiger partial charge in [-0.1, -0.05) is 6.92 Å². The number of aromatic amines is 1. The Morgan fingerprint density at radius 2 is 1.83 bits per heavy atom. The van der Waals surface area contributed by atoms with Crippen LogP contribution < -0.4 is 10.6 Å². The molecule has 0 fully saturated rings. The summed E-state index contributed by atoms with van der Waals surface area (Å²) < 4.78 is 39.7. The molecule has 0 aliphatic heterocycles. The van der Waals surface area contributed by atoms with Gasteiger partial charge in [-0.05, 0) is 61.4 Å². The monoisotopic (exact) mass is 415 g/mol. The van der Waals surface area contributed by atoms with E-state index >= 15 is 0 Å². The van der Waals surface area contributed by atoms with E-state index in [1.807, 2.05) is 13.8 Å². The Kier molecular flexibility index (Phi) is 6.51. The van der Waals surface area contributed by atoms with Crippen LogP contribution in [-0.2, 0) is 0 Å². The molecular formula is C21H20F3N5O. The summed E-state index contributed by atoms with van der Waals surface area (Å²) in [7, 11) is 0. The van der Waals surface area contributed by atoms with E-state index in [4.69, 9.17) is 0 Å². The van der Waals surface area contributed by atoms with Crippen molar-refractivity contribution in [3.63, 3.8) is 0 Å². The van der Waals surface area contributed by atoms with Crippen LogP contribution in [0.1, 0.15) is 30.6 Å². The first-order chi connectivity index (χ1) is 14.4. The molecule has 2 aromatic carbocycles. The van der Waals surface area contributed by atoms with Gasteiger partial charge in [0.05, 0.1) is 11.7 Å². The standard InChI is InChI=1S/C21H20F3N5O/c1-3-12(2)25-21(27-20(30)14-6-9-16(23)17(24)10-14)26-19-11-18(28-29-19)13-4-7-15(22)8-5-13/h4-12H,3H2,1-2H3,(H3,25,26,27,28,29,30). The van der Waals surface area contributed by atoms with Crippen molar-refractivity contribution in [3.05, 3.63) is 71.5 Å². The third kappa shape index (κ3) is 5.25. The lowest BCUT2D eigenvalue weighted by Gasteiger charge is -2.12. The van der Waals surface area contributed by atoms with Gasteiger partial charge in [-0.2, -0.15) is 5.10 Å². The summed E-state index contributed by atoms with van der Waals surface area (Å²) in [5.74, 6) is -2.69. The maximum absolute atomic E-state index is 13.4. The molecule has 0 saturated carbocycles. The molecule has 3 aromatic rings. The van der Waals surface area contributed by atoms with Gasteiger partial charge in [-0.15, -0.1) is 0 Å². The second-order valence-electron chi connectivity index (χ2n) is 6.62. The van der Waals surface area contributed by atoms with Crippen molar-refractivity contribution in [2.24, 2.45) is 4.99 Å². The van der Waals surface area contributed by atoms with Gasteiger partial charge in [-0.25, -0.2) is 18.2 Å². The summed E-state index contributed by atoms with van der Waals surface area (Å²) in [6.45, 7) is 3.80. The lowest BCUT2D eigenvalue weighted by molar-refractivity contribution is 0.0976. The molecule has 3 rings (SSSR count). The number of H-pyrrole nitrogens is 1. The number of aromatic nitrogens is 2. The van der Waals surface area contributed by atoms with Gasteiger partial charge in [-0.3, -0.25) is 15.2 Å². The second kappa shape index (κ2) is 9.25. The minimum absolute atomic E-state index is 0.0541. The molecule has 0 saturated heterocycles. The van der Waals surface area contributed by atoms with E-state index in [2.05, 4.69) is 25.8 Å². The molecule has 0 spiro atoms. The van der Waals surface area contributed by atoms with Crippen LogP contribution in [0, 0.1) is 17.5 Å². The molecule has 1 amide bonds. The van der Waals surface area contributed by atoms with Crippen LogP contribution in [0.15, 0.2) is 53.5 Å². The van der Waals surface area contributed by atoms with E-state index in [0.29, 0.717) is 17.9 Å². The Labute approximate surface area is 171 Å². The van der Waals surface area contributed by atoms with Crippen LogP contribution in [0.25, 0.3) is 11.3 Å². The number of carbonyl (C=O) groups is 1. The molecule has 6 nitrogen and oxygen atoms in total. The second-order valence-corrected chi connectivity index (χ2v) is 6.62. The van der Waals surface area contributed by atoms with Crippen LogP contribution in [-0.4, -0.2) is 28.1 Å². The zero-order chi connectivity index (χ0) is 21.7. The zero-order valence-corrected chi connectivity index (χ0v) is 16.3. The fourth-order valence-corrected chi connectivity index (χ4v) is 2.51. The zero-order valence-electron chi connectivity index (χ0n) is 16.3. The number of carbonyl (C=O) groups excluding carboxylic acids is 1. The maximum atomic E-state index is 13.4. The van der Waals surface area contributed by atoms with Crippen molar-refractivity contribution in [2.45, 2.75) is 26.3 Å². The Morgan fingerprint density at radius 1 is 1.10 bits per heavy atom. The first-order valence-electron chi connectivity index (χ1n) is 9.28. The topological polar surface area (TPSA) is 82.2 Å². The smallest absolute Gasteiger partial charge is 0.258 e. The third-order valence-electron chi connectivity index (χ3n) is 4.33. The predicted octanol–water partition coefficient (Wildman–Crippen LogP) is 4.49. The van der Waals surface area contributed by atoms with E-state index in [-0.39, 0.29) is 23.4 Å². The van der Waals surface area contributed by atoms with Crippen molar-refractivity contribution >= 4 is 17.7 Å². The van der Waals surface area contributed by atoms with Gasteiger partial charge >= 0.3 is 0 Å². The number of anilines is 1. The number of nitrogens with zero attached hydrogens (tertiary/aromatic N) is 2. The molecule has 1 aromatic heterocycles. The van der Waals surface area contributed by atoms with Crippen LogP contribution >= 0.6 is 0 Å². The van der Waals surface area contributed by atoms with E-state index in [1.54, 1.807) is 18.2 Å². The number of guanidine groups is 1. The SMILES string of the molecule is CCC(C)N=C(NC(=O)c1ccc(F)c(F)c1)Nc1cc(-c2ccc(F)cc2)[nH]n1. The Balaban J connectivity index is 1.79. The highest BCUT2D eigenvalue weighted by Gasteiger charge is 2.14. The van der Waals surface area contributed by atoms with E-state index in [1.165, 1.54) is 18.2 Å². The number of amides is 1. The normalized spacial score (nSPS) is 12.5. The Morgan fingerprint density at radius 3 is 2.50 bits per heavy atom. The fourth-order valence-electron chi connectivity index (χ4n) is 2.51. The van der Waals surface area contributed by atoms with E-state index in [9.17, 15) is 18.0 Å². The number of halogens is 3. The van der Waals surface area contributed by atoms with Crippen molar-refractivity contribution in [2.75, 3.05) is 5.32 Å². The van der Waals surface area contributed by atoms with Crippen molar-refractivity contribution in [3.8, 4) is 11.3 Å². The molecule has 0 radical (unpaired) electrons. The molecule has 1 atom stereocenters. The highest BCUT2D eigenvalue weighted by molar-refractivity contribution is 6.09. The number of hydrogen-bond acceptors (Lipinski definition) is 3. The average Bonchev–Trinajstić information content (AvgIpc) is 3.18. The first-order valence-corrected chi connectivity index (χ1v) is 9.28. The number of benzene rings is 2. The molecule has 0 aliphatic rings. The fraction of sp³-hybridized carbons (Fsp3) is 0.190. The first kappa shape index (κ1) is 21.1. The van der Waals surface area contributed by atoms with Crippen LogP contribution in [0.5, 0.6) is 0 Å². The van der Waals surface area contributed by atoms with Gasteiger partial charge < -0.3 is 5.32 Å². The van der Waals surface area contributed by atoms with E-state index < -0.39 is 17.5 Å². The highest BCUT2D eigenvalue weighted by Crippen LogP contribution is 2.20. The quantitative estimate of drug-likeness (QED) is 0.424. The Bertz CT molecular complexity index is 1060. The van der Waals surface area contributed by atoms with Crippen LogP contribution in [0.4, 0.5) is 19.0 Å². The lowest BCUT2D eigenvalue weighted by Crippen LogP contribution is -2.37. The number of hydrogen-bond donors (Lipinski definition) is 3. The largest absolute Gasteiger partial charge is 0.309 e. The molecule has 3 N–H and O–H groups in total. The van der Waals surface area contributed by atoms with E-state index in [0.717, 1.165) is 17.7 Å². The molecule has 9 heteroatoms. The average molecular weight is 415 g/mol. The number of rotatable bonds is 5. The van der Waals surface area contributed by atoms with Crippen LogP contribution in [0.3, 0.4) is 0 Å². The molecule has 0 bridgehead atoms. The summed E-state index contributed by atoms with van der Waals surface area (Å²) in [6, 6.07) is 10.3. The van der Waals surface area contributed by atoms with Crippen LogP contribution in [0.2, 0.25) is 0 Å². The van der Waals surface area contributed by atoms with Gasteiger partial charge in [0.1, 0.15) is 5.82 Å². The molecule has 156 valence electrons. The number of nitrogens with one attached hydrogen (secondary N) is 3. The summed E-state index contributed by atoms with van der Waals surface area (Å²) in [5.41, 5.74) is 1.30. The van der Waals surface area contributed by atoms with Gasteiger partial charge in [0, 0.05) is 11.6 Å². The molecule has 1 unspecified atom stereocenters. The van der Waals surface area contributed by atoms with Crippen molar-refractivity contribution in [1.29, 1.82) is 0 Å². The molecular weight excluding hydrogens is 395 g/mol. The summed E-state index contributed by atoms with van der Waals surface area (Å²) >= 11 is 0. The molecule has 30 heavy (non-hydrogen) atoms. The van der Waals surface area contributed by atoms with Gasteiger partial charge in [0.25, 0.3) is 5.91 Å². The third-order valence-corrected chi connectivity index (χ3v) is 4.33. The minimum atomic E-state index is -1.12. The molecule has 0 aliphatic carbocycles. The maximum Gasteiger partial charge on any atom is 0.258 e. The summed E-state index contributed by atoms with van der Waals surface area (Å²) in [5, 5.41) is 12.4. The summed E-state index contributed by atoms with van der Waals surface area (Å²) in [4.78, 5) is 16.8. The molecule has 1 heterocycles. The predicted molar refractivity (Wildman–Crippen MR) is 109 cm³/mol. The summed E-state index contributed by atoms with van der Waals surface area (Å²) in [6.07, 6.45) is 0.716. The minimum Gasteiger partial charge on any atom is -0.309 e. The van der Waals surface area contributed by atoms with Gasteiger partial charge in [0.2, 0.25) is 5.96 Å². The number of aliphatic imine (C=N–C) groups is 1. The highest BCUT2D eigenvalue weighted by atomic mass is 19.2. The lowest BCUT2D eigenvalue weighted by atomic mass is 10.1. The van der Waals surface area contributed by atoms with Crippen molar-refractivity contribution in [1.82, 2.24) is 15.5 Å². The Hall–Kier alpha value is -3.62. The van der Waals surface area contributed by atoms with Crippen molar-refractivity contribution < 1.29 is 18.0 Å².